The summed E-state index contributed by atoms with van der Waals surface area (Å²) in [6.07, 6.45) is 5.76. The summed E-state index contributed by atoms with van der Waals surface area (Å²) in [5, 5.41) is 7.48. The molecule has 0 bridgehead atoms. The molecule has 2 fully saturated rings. The molecule has 8 nitrogen and oxygen atoms in total. The van der Waals surface area contributed by atoms with Crippen molar-refractivity contribution >= 4 is 28.3 Å². The molecular formula is C28H33N5O3. The third kappa shape index (κ3) is 5.83. The van der Waals surface area contributed by atoms with Crippen molar-refractivity contribution in [3.05, 3.63) is 65.7 Å². The first kappa shape index (κ1) is 24.2. The predicted octanol–water partition coefficient (Wildman–Crippen LogP) is 4.52. The second-order valence-corrected chi connectivity index (χ2v) is 9.37. The molecule has 0 radical (unpaired) electrons. The maximum absolute atomic E-state index is 12.8. The molecule has 2 aliphatic rings. The number of carbonyl (C=O) groups excluding carboxylic acids is 1. The van der Waals surface area contributed by atoms with Crippen LogP contribution in [-0.4, -0.2) is 60.7 Å². The number of hydrogen-bond acceptors (Lipinski definition) is 7. The van der Waals surface area contributed by atoms with Crippen molar-refractivity contribution in [3.8, 4) is 6.01 Å². The number of fused-ring (bicyclic) bond motifs is 1. The Morgan fingerprint density at radius 3 is 2.69 bits per heavy atom. The molecular weight excluding hydrogens is 454 g/mol. The number of methoxy groups -OCH3 is 1. The summed E-state index contributed by atoms with van der Waals surface area (Å²) in [5.41, 5.74) is 3.87. The average Bonchev–Trinajstić information content (AvgIpc) is 3.75. The summed E-state index contributed by atoms with van der Waals surface area (Å²) in [5.74, 6) is 0.975. The van der Waals surface area contributed by atoms with Gasteiger partial charge in [-0.05, 0) is 48.9 Å². The number of hydrogen-bond donors (Lipinski definition) is 2. The van der Waals surface area contributed by atoms with Gasteiger partial charge in [0, 0.05) is 42.8 Å². The van der Waals surface area contributed by atoms with Gasteiger partial charge in [0.05, 0.1) is 25.8 Å². The van der Waals surface area contributed by atoms with Gasteiger partial charge in [-0.3, -0.25) is 9.69 Å². The fourth-order valence-electron chi connectivity index (χ4n) is 4.51. The van der Waals surface area contributed by atoms with Crippen LogP contribution in [0, 0.1) is 0 Å². The predicted molar refractivity (Wildman–Crippen MR) is 142 cm³/mol. The van der Waals surface area contributed by atoms with Crippen LogP contribution in [0.3, 0.4) is 0 Å². The fourth-order valence-corrected chi connectivity index (χ4v) is 4.51. The first-order valence-corrected chi connectivity index (χ1v) is 12.6. The summed E-state index contributed by atoms with van der Waals surface area (Å²) in [4.78, 5) is 24.3. The molecule has 5 rings (SSSR count). The Hall–Kier alpha value is -3.49. The van der Waals surface area contributed by atoms with Crippen LogP contribution in [0.15, 0.2) is 54.6 Å². The van der Waals surface area contributed by atoms with E-state index in [1.165, 1.54) is 0 Å². The van der Waals surface area contributed by atoms with E-state index in [2.05, 4.69) is 50.6 Å². The molecule has 2 N–H and O–H groups in total. The van der Waals surface area contributed by atoms with Crippen molar-refractivity contribution in [3.63, 3.8) is 0 Å². The normalized spacial score (nSPS) is 17.3. The number of morpholine rings is 1. The van der Waals surface area contributed by atoms with Gasteiger partial charge < -0.3 is 20.1 Å². The van der Waals surface area contributed by atoms with Crippen molar-refractivity contribution in [2.75, 3.05) is 50.6 Å². The quantitative estimate of drug-likeness (QED) is 0.429. The number of rotatable bonds is 9. The summed E-state index contributed by atoms with van der Waals surface area (Å²) in [6.45, 7) is 6.10. The van der Waals surface area contributed by atoms with Gasteiger partial charge in [0.2, 0.25) is 5.91 Å². The summed E-state index contributed by atoms with van der Waals surface area (Å²) >= 11 is 0. The Labute approximate surface area is 211 Å². The number of aromatic nitrogens is 2. The average molecular weight is 488 g/mol. The van der Waals surface area contributed by atoms with Gasteiger partial charge >= 0.3 is 6.01 Å². The highest BCUT2D eigenvalue weighted by atomic mass is 16.5. The molecule has 1 aromatic heterocycles. The zero-order valence-electron chi connectivity index (χ0n) is 20.9. The van der Waals surface area contributed by atoms with Crippen molar-refractivity contribution < 1.29 is 14.3 Å². The van der Waals surface area contributed by atoms with Gasteiger partial charge in [-0.15, -0.1) is 0 Å². The largest absolute Gasteiger partial charge is 0.467 e. The van der Waals surface area contributed by atoms with Crippen LogP contribution < -0.4 is 15.4 Å². The molecule has 3 aromatic rings. The summed E-state index contributed by atoms with van der Waals surface area (Å²) in [7, 11) is 1.57. The van der Waals surface area contributed by atoms with Crippen molar-refractivity contribution in [1.82, 2.24) is 14.9 Å². The van der Waals surface area contributed by atoms with Crippen LogP contribution in [0.25, 0.3) is 10.9 Å². The Kier molecular flexibility index (Phi) is 7.44. The molecule has 1 saturated carbocycles. The van der Waals surface area contributed by atoms with Gasteiger partial charge in [-0.2, -0.15) is 9.97 Å². The molecule has 1 unspecified atom stereocenters. The van der Waals surface area contributed by atoms with E-state index in [1.807, 2.05) is 30.3 Å². The Balaban J connectivity index is 1.41. The third-order valence-corrected chi connectivity index (χ3v) is 6.69. The molecule has 1 atom stereocenters. The highest BCUT2D eigenvalue weighted by Crippen LogP contribution is 2.45. The minimum absolute atomic E-state index is 0.0262. The first-order valence-electron chi connectivity index (χ1n) is 12.6. The lowest BCUT2D eigenvalue weighted by Crippen LogP contribution is -2.36. The fraction of sp³-hybridized carbons (Fsp3) is 0.393. The lowest BCUT2D eigenvalue weighted by molar-refractivity contribution is -0.111. The van der Waals surface area contributed by atoms with Crippen LogP contribution in [-0.2, 0) is 9.53 Å². The number of nitrogens with zero attached hydrogens (tertiary/aromatic N) is 3. The van der Waals surface area contributed by atoms with Crippen LogP contribution in [0.5, 0.6) is 6.01 Å². The van der Waals surface area contributed by atoms with E-state index in [0.717, 1.165) is 73.4 Å². The van der Waals surface area contributed by atoms with Gasteiger partial charge in [0.15, 0.2) is 0 Å². The van der Waals surface area contributed by atoms with Crippen molar-refractivity contribution in [1.29, 1.82) is 0 Å². The molecule has 1 aliphatic carbocycles. The standard InChI is InChI=1S/C28H33N5O3/c1-19(20-7-4-3-5-8-20)29-27-23-18-24(30-26(34)9-6-12-33-13-15-36-16-14-33)22(21-10-11-21)17-25(23)31-28(32-27)35-2/h3-9,17-19,21H,10-16H2,1-2H3,(H,30,34)(H,29,31,32). The van der Waals surface area contributed by atoms with E-state index in [1.54, 1.807) is 13.2 Å². The highest BCUT2D eigenvalue weighted by molar-refractivity contribution is 6.03. The Bertz CT molecular complexity index is 1240. The Morgan fingerprint density at radius 1 is 1.19 bits per heavy atom. The molecule has 1 saturated heterocycles. The number of carbonyl (C=O) groups is 1. The molecule has 2 heterocycles. The topological polar surface area (TPSA) is 88.6 Å². The van der Waals surface area contributed by atoms with Gasteiger partial charge in [-0.25, -0.2) is 0 Å². The van der Waals surface area contributed by atoms with Crippen LogP contribution >= 0.6 is 0 Å². The van der Waals surface area contributed by atoms with Gasteiger partial charge in [-0.1, -0.05) is 36.4 Å². The van der Waals surface area contributed by atoms with Crippen LogP contribution in [0.2, 0.25) is 0 Å². The molecule has 188 valence electrons. The van der Waals surface area contributed by atoms with E-state index in [4.69, 9.17) is 9.47 Å². The Morgan fingerprint density at radius 2 is 1.97 bits per heavy atom. The number of amides is 1. The molecule has 36 heavy (non-hydrogen) atoms. The second-order valence-electron chi connectivity index (χ2n) is 9.37. The first-order chi connectivity index (χ1) is 17.6. The van der Waals surface area contributed by atoms with Crippen molar-refractivity contribution in [2.24, 2.45) is 0 Å². The zero-order chi connectivity index (χ0) is 24.9. The number of benzene rings is 2. The van der Waals surface area contributed by atoms with E-state index < -0.39 is 0 Å². The number of nitrogens with one attached hydrogen (secondary N) is 2. The monoisotopic (exact) mass is 487 g/mol. The van der Waals surface area contributed by atoms with E-state index in [9.17, 15) is 4.79 Å². The van der Waals surface area contributed by atoms with Gasteiger partial charge in [0.25, 0.3) is 0 Å². The maximum atomic E-state index is 12.8. The maximum Gasteiger partial charge on any atom is 0.318 e. The minimum atomic E-state index is -0.133. The van der Waals surface area contributed by atoms with Gasteiger partial charge in [0.1, 0.15) is 5.82 Å². The zero-order valence-corrected chi connectivity index (χ0v) is 20.9. The minimum Gasteiger partial charge on any atom is -0.467 e. The lowest BCUT2D eigenvalue weighted by atomic mass is 10.0. The van der Waals surface area contributed by atoms with Crippen molar-refractivity contribution in [2.45, 2.75) is 31.7 Å². The molecule has 2 aromatic carbocycles. The summed E-state index contributed by atoms with van der Waals surface area (Å²) < 4.78 is 10.8. The lowest BCUT2D eigenvalue weighted by Gasteiger charge is -2.25. The van der Waals surface area contributed by atoms with E-state index in [-0.39, 0.29) is 11.9 Å². The number of anilines is 2. The number of ether oxygens (including phenoxy) is 2. The smallest absolute Gasteiger partial charge is 0.318 e. The molecule has 8 heteroatoms. The van der Waals surface area contributed by atoms with Crippen LogP contribution in [0.4, 0.5) is 11.5 Å². The summed E-state index contributed by atoms with van der Waals surface area (Å²) in [6, 6.07) is 14.6. The van der Waals surface area contributed by atoms with Crippen LogP contribution in [0.1, 0.15) is 42.9 Å². The van der Waals surface area contributed by atoms with E-state index >= 15 is 0 Å². The third-order valence-electron chi connectivity index (χ3n) is 6.69. The SMILES string of the molecule is COc1nc(NC(C)c2ccccc2)c2cc(NC(=O)C=CCN3CCOCC3)c(C3CC3)cc2n1. The molecule has 1 aliphatic heterocycles. The van der Waals surface area contributed by atoms with E-state index in [0.29, 0.717) is 17.7 Å². The second kappa shape index (κ2) is 11.1. The molecule has 1 amide bonds. The highest BCUT2D eigenvalue weighted by Gasteiger charge is 2.28. The molecule has 0 spiro atoms.